The highest BCUT2D eigenvalue weighted by Crippen LogP contribution is 2.31. The first-order chi connectivity index (χ1) is 14.4. The second-order valence-electron chi connectivity index (χ2n) is 6.67. The van der Waals surface area contributed by atoms with E-state index in [4.69, 9.17) is 27.9 Å². The summed E-state index contributed by atoms with van der Waals surface area (Å²) in [6.45, 7) is 4.91. The quantitative estimate of drug-likeness (QED) is 0.456. The summed E-state index contributed by atoms with van der Waals surface area (Å²) in [7, 11) is 1.65. The summed E-state index contributed by atoms with van der Waals surface area (Å²) in [4.78, 5) is 12.7. The van der Waals surface area contributed by atoms with Gasteiger partial charge in [0.15, 0.2) is 11.0 Å². The molecule has 0 spiro atoms. The number of aromatic nitrogens is 3. The summed E-state index contributed by atoms with van der Waals surface area (Å²) in [5, 5.41) is 12.4. The molecule has 2 aromatic carbocycles. The zero-order valence-electron chi connectivity index (χ0n) is 16.9. The molecule has 1 heterocycles. The van der Waals surface area contributed by atoms with Gasteiger partial charge in [0.25, 0.3) is 0 Å². The van der Waals surface area contributed by atoms with Crippen molar-refractivity contribution in [1.29, 1.82) is 0 Å². The summed E-state index contributed by atoms with van der Waals surface area (Å²) in [6, 6.07) is 13.2. The molecule has 6 nitrogen and oxygen atoms in total. The molecule has 158 valence electrons. The number of ether oxygens (including phenoxy) is 1. The monoisotopic (exact) mass is 464 g/mol. The minimum atomic E-state index is -0.434. The molecule has 0 fully saturated rings. The summed E-state index contributed by atoms with van der Waals surface area (Å²) in [5.74, 6) is 0.534. The van der Waals surface area contributed by atoms with Crippen LogP contribution in [0, 0.1) is 6.92 Å². The molecule has 30 heavy (non-hydrogen) atoms. The van der Waals surface area contributed by atoms with Gasteiger partial charge in [-0.3, -0.25) is 9.36 Å². The fourth-order valence-electron chi connectivity index (χ4n) is 2.80. The number of hydrogen-bond donors (Lipinski definition) is 1. The Bertz CT molecular complexity index is 1040. The smallest absolute Gasteiger partial charge is 0.237 e. The molecular formula is C21H22Cl2N4O2S. The number of methoxy groups -OCH3 is 1. The molecule has 1 unspecified atom stereocenters. The summed E-state index contributed by atoms with van der Waals surface area (Å²) in [6.07, 6.45) is 0. The lowest BCUT2D eigenvalue weighted by atomic mass is 10.1. The van der Waals surface area contributed by atoms with E-state index in [9.17, 15) is 4.79 Å². The number of benzene rings is 2. The van der Waals surface area contributed by atoms with Crippen LogP contribution in [0.15, 0.2) is 47.6 Å². The molecule has 3 aromatic rings. The van der Waals surface area contributed by atoms with Crippen molar-refractivity contribution < 1.29 is 9.53 Å². The number of nitrogens with one attached hydrogen (secondary N) is 1. The molecule has 3 rings (SSSR count). The Morgan fingerprint density at radius 3 is 2.73 bits per heavy atom. The average molecular weight is 465 g/mol. The SMILES string of the molecule is COCCn1c(SC(C)C(=O)Nc2cccc(Cl)c2Cl)nnc1-c1cccc(C)c1. The highest BCUT2D eigenvalue weighted by molar-refractivity contribution is 8.00. The predicted molar refractivity (Wildman–Crippen MR) is 122 cm³/mol. The van der Waals surface area contributed by atoms with Crippen molar-refractivity contribution in [3.63, 3.8) is 0 Å². The Morgan fingerprint density at radius 2 is 2.00 bits per heavy atom. The van der Waals surface area contributed by atoms with Gasteiger partial charge in [-0.05, 0) is 32.0 Å². The van der Waals surface area contributed by atoms with E-state index < -0.39 is 5.25 Å². The Hall–Kier alpha value is -2.06. The zero-order chi connectivity index (χ0) is 21.7. The third-order valence-electron chi connectivity index (χ3n) is 4.37. The molecule has 0 radical (unpaired) electrons. The van der Waals surface area contributed by atoms with Crippen LogP contribution < -0.4 is 5.32 Å². The minimum Gasteiger partial charge on any atom is -0.383 e. The largest absolute Gasteiger partial charge is 0.383 e. The number of anilines is 1. The molecule has 0 aliphatic carbocycles. The van der Waals surface area contributed by atoms with Crippen LogP contribution in [0.5, 0.6) is 0 Å². The molecule has 0 bridgehead atoms. The van der Waals surface area contributed by atoms with E-state index >= 15 is 0 Å². The highest BCUT2D eigenvalue weighted by Gasteiger charge is 2.22. The first-order valence-electron chi connectivity index (χ1n) is 9.31. The fraction of sp³-hybridized carbons (Fsp3) is 0.286. The van der Waals surface area contributed by atoms with E-state index in [1.807, 2.05) is 29.7 Å². The Kier molecular flexibility index (Phi) is 7.77. The summed E-state index contributed by atoms with van der Waals surface area (Å²) < 4.78 is 7.22. The van der Waals surface area contributed by atoms with E-state index in [-0.39, 0.29) is 5.91 Å². The second kappa shape index (κ2) is 10.3. The maximum Gasteiger partial charge on any atom is 0.237 e. The van der Waals surface area contributed by atoms with E-state index in [0.717, 1.165) is 17.0 Å². The lowest BCUT2D eigenvalue weighted by Gasteiger charge is -2.14. The van der Waals surface area contributed by atoms with Crippen molar-refractivity contribution in [2.24, 2.45) is 0 Å². The van der Waals surface area contributed by atoms with Crippen molar-refractivity contribution in [2.45, 2.75) is 30.8 Å². The van der Waals surface area contributed by atoms with E-state index in [1.165, 1.54) is 11.8 Å². The molecule has 1 aromatic heterocycles. The van der Waals surface area contributed by atoms with Crippen molar-refractivity contribution in [1.82, 2.24) is 14.8 Å². The second-order valence-corrected chi connectivity index (χ2v) is 8.76. The number of amides is 1. The van der Waals surface area contributed by atoms with Gasteiger partial charge in [0, 0.05) is 12.7 Å². The van der Waals surface area contributed by atoms with Crippen LogP contribution in [-0.2, 0) is 16.1 Å². The maximum absolute atomic E-state index is 12.7. The predicted octanol–water partition coefficient (Wildman–Crippen LogP) is 5.33. The Labute approximate surface area is 189 Å². The fourth-order valence-corrected chi connectivity index (χ4v) is 4.03. The molecule has 9 heteroatoms. The molecular weight excluding hydrogens is 443 g/mol. The standard InChI is InChI=1S/C21H22Cl2N4O2S/c1-13-6-4-7-15(12-13)19-25-26-21(27(19)10-11-29-3)30-14(2)20(28)24-17-9-5-8-16(22)18(17)23/h4-9,12,14H,10-11H2,1-3H3,(H,24,28). The molecule has 1 N–H and O–H groups in total. The van der Waals surface area contributed by atoms with Crippen molar-refractivity contribution in [2.75, 3.05) is 19.0 Å². The van der Waals surface area contributed by atoms with Gasteiger partial charge in [0.2, 0.25) is 5.91 Å². The minimum absolute atomic E-state index is 0.206. The average Bonchev–Trinajstić information content (AvgIpc) is 3.12. The first-order valence-corrected chi connectivity index (χ1v) is 10.9. The number of nitrogens with zero attached hydrogens (tertiary/aromatic N) is 3. The van der Waals surface area contributed by atoms with Gasteiger partial charge in [0.1, 0.15) is 0 Å². The van der Waals surface area contributed by atoms with Gasteiger partial charge < -0.3 is 10.1 Å². The molecule has 1 atom stereocenters. The normalized spacial score (nSPS) is 12.0. The van der Waals surface area contributed by atoms with Gasteiger partial charge in [-0.25, -0.2) is 0 Å². The van der Waals surface area contributed by atoms with Gasteiger partial charge >= 0.3 is 0 Å². The van der Waals surface area contributed by atoms with Gasteiger partial charge in [-0.2, -0.15) is 0 Å². The summed E-state index contributed by atoms with van der Waals surface area (Å²) >= 11 is 13.5. The van der Waals surface area contributed by atoms with Gasteiger partial charge in [-0.15, -0.1) is 10.2 Å². The van der Waals surface area contributed by atoms with Crippen LogP contribution in [0.3, 0.4) is 0 Å². The van der Waals surface area contributed by atoms with Gasteiger partial charge in [-0.1, -0.05) is 64.8 Å². The topological polar surface area (TPSA) is 69.0 Å². The van der Waals surface area contributed by atoms with Crippen LogP contribution in [-0.4, -0.2) is 39.6 Å². The number of carbonyl (C=O) groups excluding carboxylic acids is 1. The van der Waals surface area contributed by atoms with E-state index in [2.05, 4.69) is 21.6 Å². The van der Waals surface area contributed by atoms with Crippen LogP contribution in [0.1, 0.15) is 12.5 Å². The zero-order valence-corrected chi connectivity index (χ0v) is 19.2. The maximum atomic E-state index is 12.7. The third-order valence-corrected chi connectivity index (χ3v) is 6.27. The van der Waals surface area contributed by atoms with Crippen LogP contribution in [0.2, 0.25) is 10.0 Å². The van der Waals surface area contributed by atoms with Crippen molar-refractivity contribution in [3.8, 4) is 11.4 Å². The lowest BCUT2D eigenvalue weighted by Crippen LogP contribution is -2.23. The summed E-state index contributed by atoms with van der Waals surface area (Å²) in [5.41, 5.74) is 2.57. The number of hydrogen-bond acceptors (Lipinski definition) is 5. The number of halogens is 2. The number of aryl methyl sites for hydroxylation is 1. The number of rotatable bonds is 8. The Morgan fingerprint density at radius 1 is 1.23 bits per heavy atom. The number of carbonyl (C=O) groups is 1. The molecule has 0 aliphatic rings. The number of thioether (sulfide) groups is 1. The van der Waals surface area contributed by atoms with E-state index in [1.54, 1.807) is 32.2 Å². The molecule has 0 saturated heterocycles. The van der Waals surface area contributed by atoms with Crippen molar-refractivity contribution in [3.05, 3.63) is 58.1 Å². The molecule has 0 saturated carbocycles. The Balaban J connectivity index is 1.81. The highest BCUT2D eigenvalue weighted by atomic mass is 35.5. The molecule has 1 amide bonds. The first kappa shape index (κ1) is 22.6. The van der Waals surface area contributed by atoms with E-state index in [0.29, 0.717) is 34.0 Å². The van der Waals surface area contributed by atoms with Gasteiger partial charge in [0.05, 0.1) is 34.1 Å². The van der Waals surface area contributed by atoms with Crippen molar-refractivity contribution >= 4 is 46.6 Å². The molecule has 0 aliphatic heterocycles. The third kappa shape index (κ3) is 5.35. The van der Waals surface area contributed by atoms with Crippen LogP contribution >= 0.6 is 35.0 Å². The van der Waals surface area contributed by atoms with Crippen LogP contribution in [0.4, 0.5) is 5.69 Å². The lowest BCUT2D eigenvalue weighted by molar-refractivity contribution is -0.115. The van der Waals surface area contributed by atoms with Crippen LogP contribution in [0.25, 0.3) is 11.4 Å².